The summed E-state index contributed by atoms with van der Waals surface area (Å²) >= 11 is 10.2. The summed E-state index contributed by atoms with van der Waals surface area (Å²) in [5, 5.41) is 0.711. The highest BCUT2D eigenvalue weighted by atomic mass is 127. The Morgan fingerprint density at radius 2 is 1.68 bits per heavy atom. The Morgan fingerprint density at radius 1 is 1.11 bits per heavy atom. The lowest BCUT2D eigenvalue weighted by atomic mass is 10.2. The summed E-state index contributed by atoms with van der Waals surface area (Å²) < 4.78 is 7.68. The van der Waals surface area contributed by atoms with E-state index in [1.54, 1.807) is 0 Å². The lowest BCUT2D eigenvalue weighted by molar-refractivity contribution is 0.112. The fourth-order valence-corrected chi connectivity index (χ4v) is 3.78. The molecule has 5 heteroatoms. The van der Waals surface area contributed by atoms with Crippen molar-refractivity contribution in [3.63, 3.8) is 0 Å². The standard InChI is InChI=1S/C14H9ClI2O2/c15-11-3-1-9(2-4-11)8-19-14-12(16)5-10(7-18)6-13(14)17/h1-7H,8H2. The zero-order valence-electron chi connectivity index (χ0n) is 9.70. The summed E-state index contributed by atoms with van der Waals surface area (Å²) in [4.78, 5) is 10.8. The van der Waals surface area contributed by atoms with E-state index in [1.165, 1.54) is 0 Å². The largest absolute Gasteiger partial charge is 0.487 e. The van der Waals surface area contributed by atoms with Gasteiger partial charge in [0.15, 0.2) is 0 Å². The molecule has 0 atom stereocenters. The molecule has 0 aliphatic carbocycles. The van der Waals surface area contributed by atoms with Gasteiger partial charge in [0.25, 0.3) is 0 Å². The third-order valence-corrected chi connectivity index (χ3v) is 4.31. The SMILES string of the molecule is O=Cc1cc(I)c(OCc2ccc(Cl)cc2)c(I)c1. The van der Waals surface area contributed by atoms with Crippen LogP contribution in [0.2, 0.25) is 5.02 Å². The first-order valence-corrected chi connectivity index (χ1v) is 7.95. The number of rotatable bonds is 4. The highest BCUT2D eigenvalue weighted by molar-refractivity contribution is 14.1. The molecular formula is C14H9ClI2O2. The molecular weight excluding hydrogens is 489 g/mol. The van der Waals surface area contributed by atoms with Crippen molar-refractivity contribution in [2.45, 2.75) is 6.61 Å². The maximum atomic E-state index is 10.8. The first kappa shape index (κ1) is 15.1. The molecule has 0 aliphatic rings. The molecule has 0 aliphatic heterocycles. The van der Waals surface area contributed by atoms with E-state index in [1.807, 2.05) is 36.4 Å². The zero-order chi connectivity index (χ0) is 13.8. The number of benzene rings is 2. The van der Waals surface area contributed by atoms with E-state index >= 15 is 0 Å². The summed E-state index contributed by atoms with van der Waals surface area (Å²) in [5.41, 5.74) is 1.71. The maximum Gasteiger partial charge on any atom is 0.150 e. The van der Waals surface area contributed by atoms with Gasteiger partial charge in [-0.25, -0.2) is 0 Å². The summed E-state index contributed by atoms with van der Waals surface area (Å²) in [6.07, 6.45) is 0.841. The topological polar surface area (TPSA) is 26.3 Å². The van der Waals surface area contributed by atoms with Gasteiger partial charge in [-0.05, 0) is 75.0 Å². The van der Waals surface area contributed by atoms with Crippen LogP contribution in [-0.2, 0) is 6.61 Å². The van der Waals surface area contributed by atoms with Gasteiger partial charge in [-0.15, -0.1) is 0 Å². The quantitative estimate of drug-likeness (QED) is 0.441. The monoisotopic (exact) mass is 498 g/mol. The molecule has 0 aromatic heterocycles. The van der Waals surface area contributed by atoms with E-state index in [0.717, 1.165) is 24.7 Å². The number of carbonyl (C=O) groups excluding carboxylic acids is 1. The van der Waals surface area contributed by atoms with Crippen molar-refractivity contribution in [2.75, 3.05) is 0 Å². The lowest BCUT2D eigenvalue weighted by Gasteiger charge is -2.11. The number of carbonyl (C=O) groups is 1. The first-order chi connectivity index (χ1) is 9.10. The summed E-state index contributed by atoms with van der Waals surface area (Å²) in [5.74, 6) is 0.807. The predicted molar refractivity (Wildman–Crippen MR) is 93.0 cm³/mol. The fourth-order valence-electron chi connectivity index (χ4n) is 1.52. The summed E-state index contributed by atoms with van der Waals surface area (Å²) in [6, 6.07) is 11.2. The van der Waals surface area contributed by atoms with Gasteiger partial charge in [-0.2, -0.15) is 0 Å². The van der Waals surface area contributed by atoms with Crippen LogP contribution in [0.25, 0.3) is 0 Å². The molecule has 0 saturated heterocycles. The minimum absolute atomic E-state index is 0.476. The Hall–Kier alpha value is -0.340. The highest BCUT2D eigenvalue weighted by Crippen LogP contribution is 2.29. The Bertz CT molecular complexity index is 574. The van der Waals surface area contributed by atoms with E-state index < -0.39 is 0 Å². The van der Waals surface area contributed by atoms with Crippen LogP contribution in [0.3, 0.4) is 0 Å². The normalized spacial score (nSPS) is 10.3. The van der Waals surface area contributed by atoms with Gasteiger partial charge in [0, 0.05) is 10.6 Å². The molecule has 0 heterocycles. The second-order valence-corrected chi connectivity index (χ2v) is 6.61. The Morgan fingerprint density at radius 3 is 2.21 bits per heavy atom. The lowest BCUT2D eigenvalue weighted by Crippen LogP contribution is -2.00. The second kappa shape index (κ2) is 6.90. The van der Waals surface area contributed by atoms with Crippen molar-refractivity contribution in [3.05, 3.63) is 59.7 Å². The zero-order valence-corrected chi connectivity index (χ0v) is 14.8. The number of ether oxygens (including phenoxy) is 1. The van der Waals surface area contributed by atoms with E-state index in [0.29, 0.717) is 17.2 Å². The average Bonchev–Trinajstić information content (AvgIpc) is 2.39. The van der Waals surface area contributed by atoms with Crippen molar-refractivity contribution < 1.29 is 9.53 Å². The second-order valence-electron chi connectivity index (χ2n) is 3.85. The molecule has 2 aromatic carbocycles. The van der Waals surface area contributed by atoms with Crippen molar-refractivity contribution in [1.82, 2.24) is 0 Å². The average molecular weight is 498 g/mol. The highest BCUT2D eigenvalue weighted by Gasteiger charge is 2.09. The minimum atomic E-state index is 0.476. The Balaban J connectivity index is 2.15. The molecule has 98 valence electrons. The molecule has 0 unspecified atom stereocenters. The third kappa shape index (κ3) is 4.06. The van der Waals surface area contributed by atoms with Crippen LogP contribution in [0.5, 0.6) is 5.75 Å². The number of hydrogen-bond acceptors (Lipinski definition) is 2. The fraction of sp³-hybridized carbons (Fsp3) is 0.0714. The predicted octanol–water partition coefficient (Wildman–Crippen LogP) is 4.94. The molecule has 0 N–H and O–H groups in total. The van der Waals surface area contributed by atoms with Crippen molar-refractivity contribution in [1.29, 1.82) is 0 Å². The van der Waals surface area contributed by atoms with Gasteiger partial charge in [-0.1, -0.05) is 23.7 Å². The molecule has 19 heavy (non-hydrogen) atoms. The van der Waals surface area contributed by atoms with Crippen LogP contribution in [0, 0.1) is 7.14 Å². The van der Waals surface area contributed by atoms with E-state index in [2.05, 4.69) is 45.2 Å². The van der Waals surface area contributed by atoms with Crippen molar-refractivity contribution >= 4 is 63.1 Å². The molecule has 0 fully saturated rings. The van der Waals surface area contributed by atoms with Gasteiger partial charge in [0.05, 0.1) is 7.14 Å². The number of aldehydes is 1. The van der Waals surface area contributed by atoms with Gasteiger partial charge in [-0.3, -0.25) is 4.79 Å². The van der Waals surface area contributed by atoms with Crippen LogP contribution < -0.4 is 4.74 Å². The molecule has 0 amide bonds. The molecule has 2 rings (SSSR count). The summed E-state index contributed by atoms with van der Waals surface area (Å²) in [7, 11) is 0. The van der Waals surface area contributed by atoms with E-state index in [4.69, 9.17) is 16.3 Å². The Labute approximate surface area is 143 Å². The van der Waals surface area contributed by atoms with Crippen LogP contribution in [0.4, 0.5) is 0 Å². The molecule has 0 saturated carbocycles. The molecule has 0 radical (unpaired) electrons. The smallest absolute Gasteiger partial charge is 0.150 e. The number of hydrogen-bond donors (Lipinski definition) is 0. The molecule has 0 spiro atoms. The maximum absolute atomic E-state index is 10.8. The van der Waals surface area contributed by atoms with E-state index in [-0.39, 0.29) is 0 Å². The van der Waals surface area contributed by atoms with Gasteiger partial charge in [0.2, 0.25) is 0 Å². The minimum Gasteiger partial charge on any atom is -0.487 e. The van der Waals surface area contributed by atoms with Gasteiger partial charge < -0.3 is 4.74 Å². The van der Waals surface area contributed by atoms with Crippen molar-refractivity contribution in [3.8, 4) is 5.75 Å². The molecule has 0 bridgehead atoms. The summed E-state index contributed by atoms with van der Waals surface area (Å²) in [6.45, 7) is 0.476. The van der Waals surface area contributed by atoms with E-state index in [9.17, 15) is 4.79 Å². The molecule has 2 nitrogen and oxygen atoms in total. The van der Waals surface area contributed by atoms with Crippen LogP contribution >= 0.6 is 56.8 Å². The number of halogens is 3. The molecule has 2 aromatic rings. The van der Waals surface area contributed by atoms with Gasteiger partial charge in [0.1, 0.15) is 18.6 Å². The van der Waals surface area contributed by atoms with Gasteiger partial charge >= 0.3 is 0 Å². The van der Waals surface area contributed by atoms with Crippen LogP contribution in [0.1, 0.15) is 15.9 Å². The Kier molecular flexibility index (Phi) is 5.47. The third-order valence-electron chi connectivity index (χ3n) is 2.45. The van der Waals surface area contributed by atoms with Crippen LogP contribution in [-0.4, -0.2) is 6.29 Å². The van der Waals surface area contributed by atoms with Crippen molar-refractivity contribution in [2.24, 2.45) is 0 Å². The first-order valence-electron chi connectivity index (χ1n) is 5.41. The van der Waals surface area contributed by atoms with Crippen LogP contribution in [0.15, 0.2) is 36.4 Å².